The molecule has 0 radical (unpaired) electrons. The van der Waals surface area contributed by atoms with Crippen molar-refractivity contribution < 1.29 is 4.74 Å². The van der Waals surface area contributed by atoms with E-state index in [2.05, 4.69) is 10.2 Å². The van der Waals surface area contributed by atoms with Crippen LogP contribution in [0.25, 0.3) is 0 Å². The Bertz CT molecular complexity index is 222. The second kappa shape index (κ2) is 4.63. The molecule has 0 aromatic rings. The van der Waals surface area contributed by atoms with Gasteiger partial charge < -0.3 is 10.1 Å². The summed E-state index contributed by atoms with van der Waals surface area (Å²) in [6, 6.07) is 0.821. The van der Waals surface area contributed by atoms with E-state index in [1.807, 2.05) is 0 Å². The third-order valence-corrected chi connectivity index (χ3v) is 4.81. The minimum absolute atomic E-state index is 0.556. The number of hydrogen-bond acceptors (Lipinski definition) is 3. The first-order valence-electron chi connectivity index (χ1n) is 6.91. The van der Waals surface area contributed by atoms with Gasteiger partial charge in [0.05, 0.1) is 6.61 Å². The number of likely N-dealkylation sites (tertiary alicyclic amines) is 1. The van der Waals surface area contributed by atoms with Crippen LogP contribution < -0.4 is 5.32 Å². The fraction of sp³-hybridized carbons (Fsp3) is 1.00. The van der Waals surface area contributed by atoms with Gasteiger partial charge in [-0.3, -0.25) is 4.90 Å². The van der Waals surface area contributed by atoms with E-state index in [4.69, 9.17) is 4.74 Å². The van der Waals surface area contributed by atoms with Crippen LogP contribution in [0.1, 0.15) is 32.1 Å². The van der Waals surface area contributed by atoms with Crippen LogP contribution in [0.5, 0.6) is 0 Å². The van der Waals surface area contributed by atoms with Gasteiger partial charge in [0.25, 0.3) is 0 Å². The van der Waals surface area contributed by atoms with E-state index in [0.29, 0.717) is 5.41 Å². The van der Waals surface area contributed by atoms with Crippen LogP contribution in [0, 0.1) is 5.41 Å². The molecule has 3 heteroatoms. The van der Waals surface area contributed by atoms with Crippen molar-refractivity contribution in [2.24, 2.45) is 5.41 Å². The lowest BCUT2D eigenvalue weighted by atomic mass is 9.74. The summed E-state index contributed by atoms with van der Waals surface area (Å²) >= 11 is 0. The summed E-state index contributed by atoms with van der Waals surface area (Å²) < 4.78 is 5.69. The van der Waals surface area contributed by atoms with Gasteiger partial charge in [-0.25, -0.2) is 0 Å². The van der Waals surface area contributed by atoms with Crippen LogP contribution in [0.15, 0.2) is 0 Å². The molecule has 1 spiro atoms. The zero-order valence-electron chi connectivity index (χ0n) is 10.2. The molecule has 0 aromatic heterocycles. The molecule has 92 valence electrons. The van der Waals surface area contributed by atoms with E-state index >= 15 is 0 Å². The first-order valence-corrected chi connectivity index (χ1v) is 6.91. The highest BCUT2D eigenvalue weighted by Gasteiger charge is 2.38. The minimum Gasteiger partial charge on any atom is -0.381 e. The fourth-order valence-corrected chi connectivity index (χ4v) is 3.62. The van der Waals surface area contributed by atoms with Gasteiger partial charge in [-0.05, 0) is 57.2 Å². The summed E-state index contributed by atoms with van der Waals surface area (Å²) in [6.07, 6.45) is 6.77. The van der Waals surface area contributed by atoms with Gasteiger partial charge >= 0.3 is 0 Å². The maximum Gasteiger partial charge on any atom is 0.0523 e. The van der Waals surface area contributed by atoms with Gasteiger partial charge in [0.15, 0.2) is 0 Å². The number of hydrogen-bond donors (Lipinski definition) is 1. The lowest BCUT2D eigenvalue weighted by Crippen LogP contribution is -2.48. The highest BCUT2D eigenvalue weighted by Crippen LogP contribution is 2.39. The molecule has 3 saturated heterocycles. The van der Waals surface area contributed by atoms with E-state index in [-0.39, 0.29) is 0 Å². The topological polar surface area (TPSA) is 24.5 Å². The predicted octanol–water partition coefficient (Wildman–Crippen LogP) is 1.24. The average Bonchev–Trinajstić information content (AvgIpc) is 2.85. The van der Waals surface area contributed by atoms with Crippen molar-refractivity contribution in [2.75, 3.05) is 39.4 Å². The minimum atomic E-state index is 0.556. The van der Waals surface area contributed by atoms with E-state index in [1.54, 1.807) is 0 Å². The van der Waals surface area contributed by atoms with E-state index in [9.17, 15) is 0 Å². The number of piperidine rings is 1. The standard InChI is InChI=1S/C13H24N2O/c1-3-13(11-16-9-1)4-7-15(8-5-13)12-2-6-14-10-12/h12,14H,1-11H2/t12-/m0/s1. The lowest BCUT2D eigenvalue weighted by Gasteiger charge is -2.45. The Morgan fingerprint density at radius 1 is 1.19 bits per heavy atom. The quantitative estimate of drug-likeness (QED) is 0.725. The normalized spacial score (nSPS) is 35.6. The van der Waals surface area contributed by atoms with Crippen molar-refractivity contribution >= 4 is 0 Å². The van der Waals surface area contributed by atoms with Gasteiger partial charge in [-0.1, -0.05) is 0 Å². The van der Waals surface area contributed by atoms with Gasteiger partial charge in [-0.2, -0.15) is 0 Å². The maximum absolute atomic E-state index is 5.69. The predicted molar refractivity (Wildman–Crippen MR) is 64.6 cm³/mol. The molecule has 0 bridgehead atoms. The third kappa shape index (κ3) is 2.13. The van der Waals surface area contributed by atoms with Crippen molar-refractivity contribution in [3.05, 3.63) is 0 Å². The second-order valence-corrected chi connectivity index (χ2v) is 5.84. The number of nitrogens with zero attached hydrogens (tertiary/aromatic N) is 1. The van der Waals surface area contributed by atoms with Crippen molar-refractivity contribution in [3.63, 3.8) is 0 Å². The van der Waals surface area contributed by atoms with Gasteiger partial charge in [-0.15, -0.1) is 0 Å². The van der Waals surface area contributed by atoms with Crippen molar-refractivity contribution in [2.45, 2.75) is 38.1 Å². The summed E-state index contributed by atoms with van der Waals surface area (Å²) in [7, 11) is 0. The van der Waals surface area contributed by atoms with Gasteiger partial charge in [0.1, 0.15) is 0 Å². The van der Waals surface area contributed by atoms with Gasteiger partial charge in [0, 0.05) is 19.2 Å². The molecule has 0 aliphatic carbocycles. The van der Waals surface area contributed by atoms with E-state index in [0.717, 1.165) is 19.3 Å². The van der Waals surface area contributed by atoms with Crippen molar-refractivity contribution in [1.29, 1.82) is 0 Å². The second-order valence-electron chi connectivity index (χ2n) is 5.84. The average molecular weight is 224 g/mol. The Hall–Kier alpha value is -0.120. The molecule has 0 saturated carbocycles. The highest BCUT2D eigenvalue weighted by atomic mass is 16.5. The molecular formula is C13H24N2O. The largest absolute Gasteiger partial charge is 0.381 e. The van der Waals surface area contributed by atoms with Gasteiger partial charge in [0.2, 0.25) is 0 Å². The molecule has 3 fully saturated rings. The van der Waals surface area contributed by atoms with Crippen LogP contribution in [-0.4, -0.2) is 50.3 Å². The van der Waals surface area contributed by atoms with Crippen LogP contribution >= 0.6 is 0 Å². The zero-order chi connectivity index (χ0) is 10.8. The maximum atomic E-state index is 5.69. The fourth-order valence-electron chi connectivity index (χ4n) is 3.62. The summed E-state index contributed by atoms with van der Waals surface area (Å²) in [5, 5.41) is 3.47. The molecule has 0 unspecified atom stereocenters. The summed E-state index contributed by atoms with van der Waals surface area (Å²) in [5.74, 6) is 0. The molecule has 3 rings (SSSR count). The molecule has 3 nitrogen and oxygen atoms in total. The molecule has 3 aliphatic rings. The van der Waals surface area contributed by atoms with Crippen LogP contribution in [0.4, 0.5) is 0 Å². The Kier molecular flexibility index (Phi) is 3.18. The zero-order valence-corrected chi connectivity index (χ0v) is 10.2. The Morgan fingerprint density at radius 2 is 2.06 bits per heavy atom. The number of rotatable bonds is 1. The SMILES string of the molecule is C1COCC2(C1)CCN([C@H]1CCNC1)CC2. The lowest BCUT2D eigenvalue weighted by molar-refractivity contribution is -0.0474. The first kappa shape index (κ1) is 11.0. The van der Waals surface area contributed by atoms with Crippen molar-refractivity contribution in [1.82, 2.24) is 10.2 Å². The molecule has 0 amide bonds. The molecule has 0 aromatic carbocycles. The number of ether oxygens (including phenoxy) is 1. The molecule has 3 heterocycles. The summed E-state index contributed by atoms with van der Waals surface area (Å²) in [5.41, 5.74) is 0.556. The van der Waals surface area contributed by atoms with Crippen LogP contribution in [-0.2, 0) is 4.74 Å². The van der Waals surface area contributed by atoms with E-state index < -0.39 is 0 Å². The summed E-state index contributed by atoms with van der Waals surface area (Å²) in [4.78, 5) is 2.71. The van der Waals surface area contributed by atoms with Crippen LogP contribution in [0.2, 0.25) is 0 Å². The summed E-state index contributed by atoms with van der Waals surface area (Å²) in [6.45, 7) is 7.06. The monoisotopic (exact) mass is 224 g/mol. The van der Waals surface area contributed by atoms with E-state index in [1.165, 1.54) is 58.3 Å². The molecular weight excluding hydrogens is 200 g/mol. The third-order valence-electron chi connectivity index (χ3n) is 4.81. The molecule has 16 heavy (non-hydrogen) atoms. The molecule has 1 atom stereocenters. The Balaban J connectivity index is 1.54. The molecule has 1 N–H and O–H groups in total. The Labute approximate surface area is 98.5 Å². The number of nitrogens with one attached hydrogen (secondary N) is 1. The molecule has 3 aliphatic heterocycles. The Morgan fingerprint density at radius 3 is 2.69 bits per heavy atom. The highest BCUT2D eigenvalue weighted by molar-refractivity contribution is 4.91. The smallest absolute Gasteiger partial charge is 0.0523 e. The van der Waals surface area contributed by atoms with Crippen LogP contribution in [0.3, 0.4) is 0 Å². The first-order chi connectivity index (χ1) is 7.88. The van der Waals surface area contributed by atoms with Crippen molar-refractivity contribution in [3.8, 4) is 0 Å².